The topological polar surface area (TPSA) is 75.0 Å². The molecule has 40 heavy (non-hydrogen) atoms. The predicted molar refractivity (Wildman–Crippen MR) is 159 cm³/mol. The molecule has 0 spiro atoms. The number of carbonyl (C=O) groups is 2. The van der Waals surface area contributed by atoms with E-state index in [1.54, 1.807) is 18.0 Å². The van der Waals surface area contributed by atoms with E-state index < -0.39 is 5.60 Å². The van der Waals surface area contributed by atoms with Gasteiger partial charge in [0, 0.05) is 37.1 Å². The second-order valence-electron chi connectivity index (χ2n) is 12.1. The summed E-state index contributed by atoms with van der Waals surface area (Å²) in [7, 11) is 1.80. The third-order valence-electron chi connectivity index (χ3n) is 7.98. The Morgan fingerprint density at radius 3 is 2.30 bits per heavy atom. The van der Waals surface area contributed by atoms with Crippen molar-refractivity contribution in [2.45, 2.75) is 76.9 Å². The van der Waals surface area contributed by atoms with E-state index in [-0.39, 0.29) is 23.8 Å². The fourth-order valence-electron chi connectivity index (χ4n) is 5.69. The van der Waals surface area contributed by atoms with Gasteiger partial charge >= 0.3 is 6.09 Å². The molecule has 1 aliphatic heterocycles. The maximum Gasteiger partial charge on any atom is 0.410 e. The number of nitrogens with zero attached hydrogens (tertiary/aromatic N) is 2. The average molecular weight is 544 g/mol. The van der Waals surface area contributed by atoms with E-state index in [1.165, 1.54) is 37.7 Å². The van der Waals surface area contributed by atoms with E-state index in [0.29, 0.717) is 17.4 Å². The van der Waals surface area contributed by atoms with Gasteiger partial charge in [-0.15, -0.1) is 0 Å². The Labute approximate surface area is 237 Å². The fraction of sp³-hybridized carbons (Fsp3) is 0.455. The number of hydrogen-bond acceptors (Lipinski definition) is 5. The number of amides is 2. The van der Waals surface area contributed by atoms with Crippen LogP contribution in [0.2, 0.25) is 0 Å². The van der Waals surface area contributed by atoms with E-state index in [2.05, 4.69) is 34.5 Å². The van der Waals surface area contributed by atoms with Crippen molar-refractivity contribution in [1.82, 2.24) is 4.90 Å². The first-order valence-corrected chi connectivity index (χ1v) is 14.5. The van der Waals surface area contributed by atoms with Crippen LogP contribution in [0.1, 0.15) is 81.3 Å². The molecule has 2 aliphatic rings. The van der Waals surface area contributed by atoms with E-state index in [9.17, 15) is 9.59 Å². The van der Waals surface area contributed by atoms with Crippen LogP contribution in [0.15, 0.2) is 65.1 Å². The zero-order chi connectivity index (χ0) is 28.3. The van der Waals surface area contributed by atoms with Crippen molar-refractivity contribution in [2.24, 2.45) is 0 Å². The van der Waals surface area contributed by atoms with Gasteiger partial charge in [-0.1, -0.05) is 43.5 Å². The average Bonchev–Trinajstić information content (AvgIpc) is 3.64. The van der Waals surface area contributed by atoms with Gasteiger partial charge in [0.1, 0.15) is 11.4 Å². The third-order valence-corrected chi connectivity index (χ3v) is 7.98. The van der Waals surface area contributed by atoms with Gasteiger partial charge in [0.25, 0.3) is 5.91 Å². The summed E-state index contributed by atoms with van der Waals surface area (Å²) in [5.74, 6) is 1.36. The molecule has 7 heteroatoms. The highest BCUT2D eigenvalue weighted by Gasteiger charge is 2.31. The normalized spacial score (nSPS) is 18.0. The molecule has 1 unspecified atom stereocenters. The maximum atomic E-state index is 12.9. The molecule has 1 N–H and O–H groups in total. The van der Waals surface area contributed by atoms with Crippen LogP contribution in [0, 0.1) is 0 Å². The number of nitrogens with one attached hydrogen (secondary N) is 1. The molecule has 2 aromatic carbocycles. The van der Waals surface area contributed by atoms with Crippen LogP contribution in [-0.2, 0) is 4.74 Å². The number of likely N-dealkylation sites (N-methyl/N-ethyl adjacent to an activating group) is 1. The van der Waals surface area contributed by atoms with Crippen molar-refractivity contribution in [2.75, 3.05) is 30.4 Å². The number of furan rings is 1. The van der Waals surface area contributed by atoms with Gasteiger partial charge < -0.3 is 24.3 Å². The third kappa shape index (κ3) is 6.69. The van der Waals surface area contributed by atoms with Gasteiger partial charge in [0.2, 0.25) is 0 Å². The second-order valence-corrected chi connectivity index (χ2v) is 12.1. The number of ether oxygens (including phenoxy) is 1. The summed E-state index contributed by atoms with van der Waals surface area (Å²) in [6.07, 6.45) is 7.11. The molecule has 1 aromatic heterocycles. The van der Waals surface area contributed by atoms with Crippen LogP contribution in [0.4, 0.5) is 16.2 Å². The molecule has 0 radical (unpaired) electrons. The van der Waals surface area contributed by atoms with Crippen molar-refractivity contribution in [1.29, 1.82) is 0 Å². The van der Waals surface area contributed by atoms with Crippen molar-refractivity contribution < 1.29 is 18.7 Å². The summed E-state index contributed by atoms with van der Waals surface area (Å²) in [4.78, 5) is 29.3. The summed E-state index contributed by atoms with van der Waals surface area (Å²) in [5.41, 5.74) is 3.61. The van der Waals surface area contributed by atoms with Gasteiger partial charge in [-0.05, 0) is 87.9 Å². The smallest absolute Gasteiger partial charge is 0.410 e. The van der Waals surface area contributed by atoms with Gasteiger partial charge in [-0.3, -0.25) is 4.79 Å². The standard InChI is InChI=1S/C33H41N3O4/c1-33(2,3)40-32(38)35(4)28-20-21-36(22-28)27-16-14-26(15-17-27)34-31(37)30-19-18-29(39-30)25-12-10-24(11-13-25)23-8-6-5-7-9-23/h10-19,23,28H,5-9,20-22H2,1-4H3,(H,34,37). The Morgan fingerprint density at radius 2 is 1.62 bits per heavy atom. The number of carbonyl (C=O) groups excluding carboxylic acids is 2. The number of rotatable bonds is 6. The van der Waals surface area contributed by atoms with E-state index in [1.807, 2.05) is 51.1 Å². The summed E-state index contributed by atoms with van der Waals surface area (Å²) < 4.78 is 11.4. The summed E-state index contributed by atoms with van der Waals surface area (Å²) >= 11 is 0. The molecule has 1 atom stereocenters. The molecular weight excluding hydrogens is 502 g/mol. The summed E-state index contributed by atoms with van der Waals surface area (Å²) in [6.45, 7) is 7.21. The van der Waals surface area contributed by atoms with Crippen molar-refractivity contribution >= 4 is 23.4 Å². The number of benzene rings is 2. The van der Waals surface area contributed by atoms with E-state index in [4.69, 9.17) is 9.15 Å². The van der Waals surface area contributed by atoms with E-state index in [0.717, 1.165) is 30.8 Å². The minimum atomic E-state index is -0.513. The molecular formula is C33H41N3O4. The minimum absolute atomic E-state index is 0.0887. The predicted octanol–water partition coefficient (Wildman–Crippen LogP) is 7.69. The molecule has 1 aliphatic carbocycles. The first-order valence-electron chi connectivity index (χ1n) is 14.5. The zero-order valence-corrected chi connectivity index (χ0v) is 24.1. The molecule has 7 nitrogen and oxygen atoms in total. The first-order chi connectivity index (χ1) is 19.2. The van der Waals surface area contributed by atoms with E-state index >= 15 is 0 Å². The largest absolute Gasteiger partial charge is 0.451 e. The second kappa shape index (κ2) is 11.8. The highest BCUT2D eigenvalue weighted by molar-refractivity contribution is 6.02. The Hall–Kier alpha value is -3.74. The summed E-state index contributed by atoms with van der Waals surface area (Å²) in [6, 6.07) is 20.0. The lowest BCUT2D eigenvalue weighted by atomic mass is 9.84. The molecule has 2 heterocycles. The zero-order valence-electron chi connectivity index (χ0n) is 24.1. The summed E-state index contributed by atoms with van der Waals surface area (Å²) in [5, 5.41) is 2.94. The lowest BCUT2D eigenvalue weighted by molar-refractivity contribution is 0.0237. The Bertz CT molecular complexity index is 1300. The molecule has 2 fully saturated rings. The van der Waals surface area contributed by atoms with Gasteiger partial charge in [-0.2, -0.15) is 0 Å². The van der Waals surface area contributed by atoms with Crippen molar-refractivity contribution in [3.63, 3.8) is 0 Å². The Kier molecular flexibility index (Phi) is 8.19. The monoisotopic (exact) mass is 543 g/mol. The number of anilines is 2. The van der Waals surface area contributed by atoms with Gasteiger partial charge in [0.05, 0.1) is 6.04 Å². The van der Waals surface area contributed by atoms with Crippen LogP contribution >= 0.6 is 0 Å². The highest BCUT2D eigenvalue weighted by atomic mass is 16.6. The van der Waals surface area contributed by atoms with Crippen molar-refractivity contribution in [3.05, 3.63) is 72.0 Å². The van der Waals surface area contributed by atoms with Crippen LogP contribution in [0.3, 0.4) is 0 Å². The molecule has 2 amide bonds. The Balaban J connectivity index is 1.15. The lowest BCUT2D eigenvalue weighted by Gasteiger charge is -2.28. The van der Waals surface area contributed by atoms with Crippen LogP contribution in [0.25, 0.3) is 11.3 Å². The number of hydrogen-bond donors (Lipinski definition) is 1. The molecule has 0 bridgehead atoms. The molecule has 212 valence electrons. The van der Waals surface area contributed by atoms with Gasteiger partial charge in [-0.25, -0.2) is 4.79 Å². The highest BCUT2D eigenvalue weighted by Crippen LogP contribution is 2.34. The fourth-order valence-corrected chi connectivity index (χ4v) is 5.69. The quantitative estimate of drug-likeness (QED) is 0.345. The maximum absolute atomic E-state index is 12.9. The van der Waals surface area contributed by atoms with Crippen LogP contribution in [-0.4, -0.2) is 48.7 Å². The SMILES string of the molecule is CN(C(=O)OC(C)(C)C)C1CCN(c2ccc(NC(=O)c3ccc(-c4ccc(C5CCCCC5)cc4)o3)cc2)C1. The first kappa shape index (κ1) is 27.8. The molecule has 1 saturated carbocycles. The Morgan fingerprint density at radius 1 is 0.925 bits per heavy atom. The van der Waals surface area contributed by atoms with Crippen LogP contribution in [0.5, 0.6) is 0 Å². The van der Waals surface area contributed by atoms with Crippen molar-refractivity contribution in [3.8, 4) is 11.3 Å². The molecule has 3 aromatic rings. The lowest BCUT2D eigenvalue weighted by Crippen LogP contribution is -2.42. The van der Waals surface area contributed by atoms with Crippen LogP contribution < -0.4 is 10.2 Å². The minimum Gasteiger partial charge on any atom is -0.451 e. The molecule has 5 rings (SSSR count). The molecule has 1 saturated heterocycles. The van der Waals surface area contributed by atoms with Gasteiger partial charge in [0.15, 0.2) is 5.76 Å².